The number of anilines is 1. The monoisotopic (exact) mass is 273 g/mol. The molecule has 2 amide bonds. The number of carbonyl (C=O) groups is 2. The average molecular weight is 273 g/mol. The normalized spacial score (nSPS) is 10.0. The van der Waals surface area contributed by atoms with E-state index in [1.54, 1.807) is 36.5 Å². The first-order chi connectivity index (χ1) is 9.65. The zero-order chi connectivity index (χ0) is 14.4. The van der Waals surface area contributed by atoms with Crippen LogP contribution < -0.4 is 16.4 Å². The Morgan fingerprint density at radius 2 is 1.90 bits per heavy atom. The molecule has 7 heteroatoms. The van der Waals surface area contributed by atoms with Gasteiger partial charge in [0, 0.05) is 17.4 Å². The molecule has 2 aromatic rings. The number of nitrogens with two attached hydrogens (primary N) is 1. The number of aromatic amines is 1. The Morgan fingerprint density at radius 1 is 1.15 bits per heavy atom. The van der Waals surface area contributed by atoms with E-state index in [0.29, 0.717) is 17.8 Å². The Kier molecular flexibility index (Phi) is 4.33. The number of hydrogen-bond acceptors (Lipinski definition) is 4. The van der Waals surface area contributed by atoms with Crippen molar-refractivity contribution in [2.75, 3.05) is 12.3 Å². The fraction of sp³-hybridized carbons (Fsp3) is 0.154. The highest BCUT2D eigenvalue weighted by molar-refractivity contribution is 5.96. The number of amides is 2. The van der Waals surface area contributed by atoms with Crippen LogP contribution in [0.5, 0.6) is 0 Å². The number of aromatic nitrogens is 2. The number of rotatable bonds is 5. The topological polar surface area (TPSA) is 113 Å². The van der Waals surface area contributed by atoms with Gasteiger partial charge < -0.3 is 16.4 Å². The summed E-state index contributed by atoms with van der Waals surface area (Å²) in [5.41, 5.74) is 7.37. The molecular weight excluding hydrogens is 258 g/mol. The fourth-order valence-corrected chi connectivity index (χ4v) is 1.54. The van der Waals surface area contributed by atoms with Crippen molar-refractivity contribution in [1.29, 1.82) is 0 Å². The van der Waals surface area contributed by atoms with Gasteiger partial charge in [0.1, 0.15) is 0 Å². The molecule has 0 aliphatic carbocycles. The number of carbonyl (C=O) groups excluding carboxylic acids is 2. The van der Waals surface area contributed by atoms with Gasteiger partial charge in [0.2, 0.25) is 5.91 Å². The second-order valence-corrected chi connectivity index (χ2v) is 4.16. The van der Waals surface area contributed by atoms with Gasteiger partial charge >= 0.3 is 0 Å². The van der Waals surface area contributed by atoms with Crippen molar-refractivity contribution in [3.8, 4) is 0 Å². The third kappa shape index (κ3) is 3.84. The molecule has 0 saturated carbocycles. The smallest absolute Gasteiger partial charge is 0.251 e. The molecule has 5 N–H and O–H groups in total. The summed E-state index contributed by atoms with van der Waals surface area (Å²) in [5.74, 6) is -0.593. The summed E-state index contributed by atoms with van der Waals surface area (Å²) in [7, 11) is 0. The van der Waals surface area contributed by atoms with Crippen LogP contribution in [0.15, 0.2) is 36.5 Å². The highest BCUT2D eigenvalue weighted by atomic mass is 16.2. The van der Waals surface area contributed by atoms with Crippen LogP contribution in [0.1, 0.15) is 16.1 Å². The molecule has 0 aliphatic rings. The molecule has 1 heterocycles. The lowest BCUT2D eigenvalue weighted by Crippen LogP contribution is -2.36. The Hall–Kier alpha value is -2.83. The van der Waals surface area contributed by atoms with Crippen LogP contribution in [0, 0.1) is 0 Å². The molecule has 1 aromatic carbocycles. The molecule has 20 heavy (non-hydrogen) atoms. The second kappa shape index (κ2) is 6.37. The van der Waals surface area contributed by atoms with Gasteiger partial charge in [-0.25, -0.2) is 0 Å². The minimum Gasteiger partial charge on any atom is -0.399 e. The fourth-order valence-electron chi connectivity index (χ4n) is 1.54. The summed E-state index contributed by atoms with van der Waals surface area (Å²) >= 11 is 0. The van der Waals surface area contributed by atoms with E-state index in [4.69, 9.17) is 5.73 Å². The molecule has 0 spiro atoms. The van der Waals surface area contributed by atoms with E-state index < -0.39 is 0 Å². The van der Waals surface area contributed by atoms with E-state index in [1.165, 1.54) is 0 Å². The summed E-state index contributed by atoms with van der Waals surface area (Å²) < 4.78 is 0. The predicted molar refractivity (Wildman–Crippen MR) is 73.6 cm³/mol. The highest BCUT2D eigenvalue weighted by Gasteiger charge is 2.07. The Morgan fingerprint density at radius 3 is 2.55 bits per heavy atom. The van der Waals surface area contributed by atoms with E-state index >= 15 is 0 Å². The molecule has 104 valence electrons. The molecule has 0 unspecified atom stereocenters. The third-order valence-corrected chi connectivity index (χ3v) is 2.62. The Balaban J connectivity index is 1.75. The largest absolute Gasteiger partial charge is 0.399 e. The SMILES string of the molecule is Nc1ccc(C(=O)NCC(=O)NCc2ccn[nH]2)cc1. The Labute approximate surface area is 115 Å². The summed E-state index contributed by atoms with van der Waals surface area (Å²) in [5, 5.41) is 11.7. The molecule has 0 saturated heterocycles. The van der Waals surface area contributed by atoms with Crippen molar-refractivity contribution >= 4 is 17.5 Å². The van der Waals surface area contributed by atoms with Gasteiger partial charge in [-0.05, 0) is 30.3 Å². The van der Waals surface area contributed by atoms with Gasteiger partial charge in [0.25, 0.3) is 5.91 Å². The summed E-state index contributed by atoms with van der Waals surface area (Å²) in [6, 6.07) is 8.23. The molecule has 0 bridgehead atoms. The maximum absolute atomic E-state index is 11.7. The number of nitrogen functional groups attached to an aromatic ring is 1. The molecule has 1 aromatic heterocycles. The first kappa shape index (κ1) is 13.6. The van der Waals surface area contributed by atoms with Crippen molar-refractivity contribution in [2.24, 2.45) is 0 Å². The average Bonchev–Trinajstić information content (AvgIpc) is 2.96. The number of hydrogen-bond donors (Lipinski definition) is 4. The van der Waals surface area contributed by atoms with Gasteiger partial charge in [0.05, 0.1) is 18.8 Å². The van der Waals surface area contributed by atoms with Crippen molar-refractivity contribution in [1.82, 2.24) is 20.8 Å². The first-order valence-electron chi connectivity index (χ1n) is 6.04. The maximum atomic E-state index is 11.7. The van der Waals surface area contributed by atoms with Crippen LogP contribution in [-0.2, 0) is 11.3 Å². The minimum atomic E-state index is -0.318. The van der Waals surface area contributed by atoms with Crippen molar-refractivity contribution < 1.29 is 9.59 Å². The highest BCUT2D eigenvalue weighted by Crippen LogP contribution is 2.04. The molecule has 0 atom stereocenters. The lowest BCUT2D eigenvalue weighted by atomic mass is 10.2. The van der Waals surface area contributed by atoms with Crippen LogP contribution in [-0.4, -0.2) is 28.6 Å². The van der Waals surface area contributed by atoms with E-state index in [0.717, 1.165) is 5.69 Å². The lowest BCUT2D eigenvalue weighted by Gasteiger charge is -2.06. The number of benzene rings is 1. The molecule has 0 radical (unpaired) electrons. The van der Waals surface area contributed by atoms with Gasteiger partial charge in [-0.2, -0.15) is 5.10 Å². The zero-order valence-corrected chi connectivity index (χ0v) is 10.7. The van der Waals surface area contributed by atoms with Crippen molar-refractivity contribution in [3.63, 3.8) is 0 Å². The number of nitrogens with one attached hydrogen (secondary N) is 3. The summed E-state index contributed by atoms with van der Waals surface area (Å²) in [6.07, 6.45) is 1.60. The zero-order valence-electron chi connectivity index (χ0n) is 10.7. The van der Waals surface area contributed by atoms with Gasteiger partial charge in [-0.1, -0.05) is 0 Å². The maximum Gasteiger partial charge on any atom is 0.251 e. The third-order valence-electron chi connectivity index (χ3n) is 2.62. The van der Waals surface area contributed by atoms with Crippen molar-refractivity contribution in [3.05, 3.63) is 47.8 Å². The number of H-pyrrole nitrogens is 1. The van der Waals surface area contributed by atoms with Gasteiger partial charge in [-0.15, -0.1) is 0 Å². The van der Waals surface area contributed by atoms with Crippen LogP contribution >= 0.6 is 0 Å². The van der Waals surface area contributed by atoms with E-state index in [9.17, 15) is 9.59 Å². The van der Waals surface area contributed by atoms with E-state index in [1.807, 2.05) is 0 Å². The first-order valence-corrected chi connectivity index (χ1v) is 6.04. The van der Waals surface area contributed by atoms with Crippen LogP contribution in [0.2, 0.25) is 0 Å². The molecule has 0 fully saturated rings. The molecular formula is C13H15N5O2. The molecule has 0 aliphatic heterocycles. The van der Waals surface area contributed by atoms with Gasteiger partial charge in [-0.3, -0.25) is 14.7 Å². The van der Waals surface area contributed by atoms with Crippen molar-refractivity contribution in [2.45, 2.75) is 6.54 Å². The van der Waals surface area contributed by atoms with Crippen LogP contribution in [0.4, 0.5) is 5.69 Å². The Bertz CT molecular complexity index is 577. The van der Waals surface area contributed by atoms with Crippen LogP contribution in [0.3, 0.4) is 0 Å². The van der Waals surface area contributed by atoms with E-state index in [-0.39, 0.29) is 18.4 Å². The predicted octanol–water partition coefficient (Wildman–Crippen LogP) is 0.0381. The molecule has 2 rings (SSSR count). The van der Waals surface area contributed by atoms with E-state index in [2.05, 4.69) is 20.8 Å². The van der Waals surface area contributed by atoms with Crippen LogP contribution in [0.25, 0.3) is 0 Å². The summed E-state index contributed by atoms with van der Waals surface area (Å²) in [6.45, 7) is 0.258. The standard InChI is InChI=1S/C13H15N5O2/c14-10-3-1-9(2-4-10)13(20)16-8-12(19)15-7-11-5-6-17-18-11/h1-6H,7-8,14H2,(H,15,19)(H,16,20)(H,17,18). The number of nitrogens with zero attached hydrogens (tertiary/aromatic N) is 1. The quantitative estimate of drug-likeness (QED) is 0.576. The molecule has 7 nitrogen and oxygen atoms in total. The second-order valence-electron chi connectivity index (χ2n) is 4.16. The van der Waals surface area contributed by atoms with Gasteiger partial charge in [0.15, 0.2) is 0 Å². The minimum absolute atomic E-state index is 0.0860. The summed E-state index contributed by atoms with van der Waals surface area (Å²) in [4.78, 5) is 23.3. The lowest BCUT2D eigenvalue weighted by molar-refractivity contribution is -0.120.